The number of hydrogen-bond donors (Lipinski definition) is 0. The highest BCUT2D eigenvalue weighted by molar-refractivity contribution is 5.81. The van der Waals surface area contributed by atoms with Gasteiger partial charge in [-0.1, -0.05) is 6.08 Å². The van der Waals surface area contributed by atoms with Crippen LogP contribution >= 0.6 is 0 Å². The molecule has 0 amide bonds. The average Bonchev–Trinajstić information content (AvgIpc) is 2.90. The molecule has 19 heavy (non-hydrogen) atoms. The highest BCUT2D eigenvalue weighted by Gasteiger charge is 2.32. The molecule has 2 aliphatic heterocycles. The van der Waals surface area contributed by atoms with Crippen LogP contribution < -0.4 is 0 Å². The van der Waals surface area contributed by atoms with E-state index in [-0.39, 0.29) is 6.10 Å². The minimum atomic E-state index is -0.627. The van der Waals surface area contributed by atoms with Gasteiger partial charge in [-0.25, -0.2) is 10.1 Å². The minimum absolute atomic E-state index is 0.285. The van der Waals surface area contributed by atoms with Crippen molar-refractivity contribution in [2.24, 2.45) is 11.0 Å². The van der Waals surface area contributed by atoms with Gasteiger partial charge < -0.3 is 14.5 Å². The molecule has 0 N–H and O–H groups in total. The Kier molecular flexibility index (Phi) is 4.36. The summed E-state index contributed by atoms with van der Waals surface area (Å²) in [6.45, 7) is 9.33. The van der Waals surface area contributed by atoms with Crippen LogP contribution in [0.4, 0.5) is 0 Å². The van der Waals surface area contributed by atoms with Crippen LogP contribution in [-0.2, 0) is 4.74 Å². The third-order valence-corrected chi connectivity index (χ3v) is 3.49. The Hall–Kier alpha value is -1.63. The summed E-state index contributed by atoms with van der Waals surface area (Å²) in [6, 6.07) is 0. The van der Waals surface area contributed by atoms with Crippen molar-refractivity contribution in [1.29, 1.82) is 0 Å². The molecule has 0 bridgehead atoms. The van der Waals surface area contributed by atoms with E-state index >= 15 is 0 Å². The van der Waals surface area contributed by atoms with Crippen LogP contribution in [0.1, 0.15) is 13.3 Å². The highest BCUT2D eigenvalue weighted by Crippen LogP contribution is 2.22. The van der Waals surface area contributed by atoms with Crippen molar-refractivity contribution in [3.63, 3.8) is 0 Å². The molecule has 2 fully saturated rings. The second-order valence-corrected chi connectivity index (χ2v) is 5.06. The van der Waals surface area contributed by atoms with Crippen molar-refractivity contribution in [3.8, 4) is 0 Å². The largest absolute Gasteiger partial charge is 0.378 e. The van der Waals surface area contributed by atoms with Gasteiger partial charge in [0.2, 0.25) is 0 Å². The van der Waals surface area contributed by atoms with Crippen LogP contribution in [0.2, 0.25) is 0 Å². The fraction of sp³-hybridized carbons (Fsp3) is 0.750. The molecule has 0 aromatic carbocycles. The zero-order chi connectivity index (χ0) is 13.8. The SMILES string of the molecule is C=CCN1CCN(CC2COC(C)C2)C1=N[N+](=O)[O-]. The maximum atomic E-state index is 10.7. The molecule has 0 aromatic rings. The van der Waals surface area contributed by atoms with Crippen LogP contribution in [0.3, 0.4) is 0 Å². The first-order chi connectivity index (χ1) is 9.10. The Bertz CT molecular complexity index is 385. The molecule has 0 spiro atoms. The number of ether oxygens (including phenoxy) is 1. The zero-order valence-electron chi connectivity index (χ0n) is 11.2. The van der Waals surface area contributed by atoms with Crippen molar-refractivity contribution >= 4 is 5.96 Å². The number of hydrogen-bond acceptors (Lipinski definition) is 3. The summed E-state index contributed by atoms with van der Waals surface area (Å²) in [4.78, 5) is 14.5. The molecule has 2 rings (SSSR count). The fourth-order valence-corrected chi connectivity index (χ4v) is 2.69. The number of nitro groups is 1. The van der Waals surface area contributed by atoms with Crippen LogP contribution in [-0.4, -0.2) is 59.7 Å². The number of rotatable bonds is 5. The monoisotopic (exact) mass is 268 g/mol. The lowest BCUT2D eigenvalue weighted by Crippen LogP contribution is -2.37. The second-order valence-electron chi connectivity index (χ2n) is 5.06. The molecular weight excluding hydrogens is 248 g/mol. The molecule has 2 heterocycles. The standard InChI is InChI=1S/C12H20N4O3/c1-3-4-14-5-6-15(12(14)13-16(17)18)8-11-7-10(2)19-9-11/h3,10-11H,1,4-9H2,2H3. The molecule has 2 unspecified atom stereocenters. The number of nitrogens with zero attached hydrogens (tertiary/aromatic N) is 4. The first-order valence-electron chi connectivity index (χ1n) is 6.55. The Labute approximate surface area is 112 Å². The van der Waals surface area contributed by atoms with Gasteiger partial charge in [0, 0.05) is 32.1 Å². The Balaban J connectivity index is 2.02. The maximum Gasteiger partial charge on any atom is 0.274 e. The van der Waals surface area contributed by atoms with Gasteiger partial charge in [-0.2, -0.15) is 0 Å². The van der Waals surface area contributed by atoms with E-state index in [1.54, 1.807) is 6.08 Å². The zero-order valence-corrected chi connectivity index (χ0v) is 11.2. The molecular formula is C12H20N4O3. The van der Waals surface area contributed by atoms with Crippen LogP contribution in [0.25, 0.3) is 0 Å². The molecule has 0 saturated carbocycles. The van der Waals surface area contributed by atoms with Gasteiger partial charge in [0.1, 0.15) is 5.10 Å². The Morgan fingerprint density at radius 1 is 1.58 bits per heavy atom. The first kappa shape index (κ1) is 13.8. The van der Waals surface area contributed by atoms with Gasteiger partial charge in [-0.3, -0.25) is 0 Å². The third-order valence-electron chi connectivity index (χ3n) is 3.49. The molecule has 7 nitrogen and oxygen atoms in total. The van der Waals surface area contributed by atoms with E-state index in [9.17, 15) is 10.1 Å². The third kappa shape index (κ3) is 3.44. The van der Waals surface area contributed by atoms with Crippen LogP contribution in [0.5, 0.6) is 0 Å². The summed E-state index contributed by atoms with van der Waals surface area (Å²) >= 11 is 0. The van der Waals surface area contributed by atoms with Crippen molar-refractivity contribution in [2.45, 2.75) is 19.4 Å². The molecule has 7 heteroatoms. The van der Waals surface area contributed by atoms with E-state index in [4.69, 9.17) is 4.74 Å². The van der Waals surface area contributed by atoms with Crippen LogP contribution in [0.15, 0.2) is 17.8 Å². The van der Waals surface area contributed by atoms with Gasteiger partial charge in [0.15, 0.2) is 5.03 Å². The van der Waals surface area contributed by atoms with E-state index in [0.717, 1.165) is 32.7 Å². The molecule has 2 saturated heterocycles. The molecule has 0 aromatic heterocycles. The summed E-state index contributed by atoms with van der Waals surface area (Å²) in [5, 5.41) is 13.5. The maximum absolute atomic E-state index is 10.7. The molecule has 0 radical (unpaired) electrons. The summed E-state index contributed by atoms with van der Waals surface area (Å²) in [5.74, 6) is 0.875. The topological polar surface area (TPSA) is 71.2 Å². The first-order valence-corrected chi connectivity index (χ1v) is 6.55. The normalized spacial score (nSPS) is 29.2. The van der Waals surface area contributed by atoms with E-state index < -0.39 is 5.03 Å². The molecule has 2 atom stereocenters. The summed E-state index contributed by atoms with van der Waals surface area (Å²) in [7, 11) is 0. The number of guanidine groups is 1. The van der Waals surface area contributed by atoms with E-state index in [0.29, 0.717) is 18.4 Å². The van der Waals surface area contributed by atoms with Crippen molar-refractivity contribution in [2.75, 3.05) is 32.8 Å². The molecule has 0 aliphatic carbocycles. The highest BCUT2D eigenvalue weighted by atomic mass is 16.7. The minimum Gasteiger partial charge on any atom is -0.378 e. The van der Waals surface area contributed by atoms with Crippen molar-refractivity contribution in [3.05, 3.63) is 22.8 Å². The average molecular weight is 268 g/mol. The summed E-state index contributed by atoms with van der Waals surface area (Å²) < 4.78 is 5.54. The summed E-state index contributed by atoms with van der Waals surface area (Å²) in [6.07, 6.45) is 3.02. The van der Waals surface area contributed by atoms with E-state index in [2.05, 4.69) is 18.6 Å². The van der Waals surface area contributed by atoms with E-state index in [1.165, 1.54) is 0 Å². The summed E-state index contributed by atoms with van der Waals surface area (Å²) in [5.41, 5.74) is 0. The lowest BCUT2D eigenvalue weighted by molar-refractivity contribution is -0.486. The van der Waals surface area contributed by atoms with Crippen LogP contribution in [0, 0.1) is 16.0 Å². The Morgan fingerprint density at radius 2 is 2.32 bits per heavy atom. The molecule has 2 aliphatic rings. The second kappa shape index (κ2) is 6.01. The Morgan fingerprint density at radius 3 is 2.89 bits per heavy atom. The smallest absolute Gasteiger partial charge is 0.274 e. The quantitative estimate of drug-likeness (QED) is 0.418. The lowest BCUT2D eigenvalue weighted by atomic mass is 10.1. The number of hydrazone groups is 1. The van der Waals surface area contributed by atoms with Crippen molar-refractivity contribution in [1.82, 2.24) is 9.80 Å². The van der Waals surface area contributed by atoms with Gasteiger partial charge in [-0.15, -0.1) is 6.58 Å². The van der Waals surface area contributed by atoms with Crippen molar-refractivity contribution < 1.29 is 9.77 Å². The van der Waals surface area contributed by atoms with E-state index in [1.807, 2.05) is 9.80 Å². The van der Waals surface area contributed by atoms with Gasteiger partial charge in [0.25, 0.3) is 5.96 Å². The predicted octanol–water partition coefficient (Wildman–Crippen LogP) is 0.763. The van der Waals surface area contributed by atoms with Gasteiger partial charge in [0.05, 0.1) is 12.7 Å². The predicted molar refractivity (Wildman–Crippen MR) is 71.3 cm³/mol. The van der Waals surface area contributed by atoms with Gasteiger partial charge >= 0.3 is 0 Å². The van der Waals surface area contributed by atoms with Gasteiger partial charge in [-0.05, 0) is 13.3 Å². The lowest BCUT2D eigenvalue weighted by Gasteiger charge is -2.22. The fourth-order valence-electron chi connectivity index (χ4n) is 2.69. The molecule has 106 valence electrons.